The lowest BCUT2D eigenvalue weighted by Crippen LogP contribution is -2.32. The topological polar surface area (TPSA) is 86.0 Å². The van der Waals surface area contributed by atoms with Crippen molar-refractivity contribution in [1.82, 2.24) is 13.8 Å². The zero-order valence-corrected chi connectivity index (χ0v) is 17.6. The zero-order chi connectivity index (χ0) is 20.1. The molecule has 0 saturated carbocycles. The maximum atomic E-state index is 13.6. The summed E-state index contributed by atoms with van der Waals surface area (Å²) in [5.74, 6) is 0.572. The Kier molecular flexibility index (Phi) is 4.96. The van der Waals surface area contributed by atoms with Gasteiger partial charge in [-0.2, -0.15) is 8.42 Å². The van der Waals surface area contributed by atoms with Gasteiger partial charge in [-0.05, 0) is 34.4 Å². The summed E-state index contributed by atoms with van der Waals surface area (Å²) in [6, 6.07) is 3.92. The second kappa shape index (κ2) is 6.82. The molecular weight excluding hydrogens is 364 g/mol. The monoisotopic (exact) mass is 392 g/mol. The molecule has 0 bridgehead atoms. The van der Waals surface area contributed by atoms with Gasteiger partial charge in [0.15, 0.2) is 0 Å². The van der Waals surface area contributed by atoms with E-state index in [9.17, 15) is 13.2 Å². The molecular formula is C19H28N4O3S. The van der Waals surface area contributed by atoms with Crippen LogP contribution in [0.1, 0.15) is 76.0 Å². The Hall–Kier alpha value is -2.09. The van der Waals surface area contributed by atoms with E-state index in [0.717, 1.165) is 16.7 Å². The molecule has 1 aliphatic rings. The Labute approximate surface area is 160 Å². The fraction of sp³-hybridized carbons (Fsp3) is 0.579. The zero-order valence-electron chi connectivity index (χ0n) is 16.8. The van der Waals surface area contributed by atoms with Gasteiger partial charge in [-0.15, -0.1) is 5.10 Å². The quantitative estimate of drug-likeness (QED) is 0.845. The Balaban J connectivity index is 2.33. The molecule has 148 valence electrons. The van der Waals surface area contributed by atoms with E-state index in [1.807, 2.05) is 39.8 Å². The second-order valence-electron chi connectivity index (χ2n) is 8.03. The molecule has 2 aromatic rings. The van der Waals surface area contributed by atoms with Gasteiger partial charge in [0.25, 0.3) is 10.0 Å². The first kappa shape index (κ1) is 19.7. The van der Waals surface area contributed by atoms with Crippen molar-refractivity contribution in [3.05, 3.63) is 39.3 Å². The van der Waals surface area contributed by atoms with E-state index in [1.54, 1.807) is 0 Å². The molecule has 0 radical (unpaired) electrons. The number of aromatic nitrogens is 3. The standard InChI is InChI=1S/C19H28N4O3S/c1-11(2)14-9-15(12(3)4)17(16(10-14)13(5)6)27(25,26)23-19(24)22-8-7-20-18(22)21-23/h9-13H,7-8H2,1-6H3,(H,20,21). The highest BCUT2D eigenvalue weighted by Crippen LogP contribution is 2.35. The van der Waals surface area contributed by atoms with Gasteiger partial charge in [-0.25, -0.2) is 4.79 Å². The van der Waals surface area contributed by atoms with Crippen LogP contribution in [-0.2, 0) is 16.6 Å². The predicted molar refractivity (Wildman–Crippen MR) is 106 cm³/mol. The highest BCUT2D eigenvalue weighted by Gasteiger charge is 2.33. The molecule has 8 heteroatoms. The van der Waals surface area contributed by atoms with Crippen LogP contribution in [0, 0.1) is 0 Å². The molecule has 0 atom stereocenters. The number of nitrogens with one attached hydrogen (secondary N) is 1. The van der Waals surface area contributed by atoms with Crippen molar-refractivity contribution >= 4 is 16.0 Å². The summed E-state index contributed by atoms with van der Waals surface area (Å²) in [6.45, 7) is 13.1. The average molecular weight is 393 g/mol. The molecule has 27 heavy (non-hydrogen) atoms. The fourth-order valence-electron chi connectivity index (χ4n) is 3.42. The van der Waals surface area contributed by atoms with E-state index in [-0.39, 0.29) is 22.6 Å². The summed E-state index contributed by atoms with van der Waals surface area (Å²) in [7, 11) is -4.11. The first-order chi connectivity index (χ1) is 12.6. The van der Waals surface area contributed by atoms with Crippen molar-refractivity contribution in [2.75, 3.05) is 11.9 Å². The minimum Gasteiger partial charge on any atom is -0.352 e. The molecule has 7 nitrogen and oxygen atoms in total. The summed E-state index contributed by atoms with van der Waals surface area (Å²) in [6.07, 6.45) is 0. The first-order valence-corrected chi connectivity index (χ1v) is 10.9. The maximum absolute atomic E-state index is 13.6. The highest BCUT2D eigenvalue weighted by molar-refractivity contribution is 7.90. The lowest BCUT2D eigenvalue weighted by molar-refractivity contribution is 0.569. The smallest absolute Gasteiger partial charge is 0.352 e. The number of nitrogens with zero attached hydrogens (tertiary/aromatic N) is 3. The van der Waals surface area contributed by atoms with E-state index < -0.39 is 15.7 Å². The number of hydrogen-bond acceptors (Lipinski definition) is 5. The van der Waals surface area contributed by atoms with Gasteiger partial charge < -0.3 is 5.32 Å². The third kappa shape index (κ3) is 3.20. The number of benzene rings is 1. The second-order valence-corrected chi connectivity index (χ2v) is 9.73. The molecule has 0 fully saturated rings. The van der Waals surface area contributed by atoms with Crippen LogP contribution in [-0.4, -0.2) is 28.7 Å². The van der Waals surface area contributed by atoms with Crippen LogP contribution in [0.15, 0.2) is 21.8 Å². The third-order valence-corrected chi connectivity index (χ3v) is 6.70. The van der Waals surface area contributed by atoms with E-state index in [4.69, 9.17) is 0 Å². The van der Waals surface area contributed by atoms with Crippen LogP contribution in [0.3, 0.4) is 0 Å². The van der Waals surface area contributed by atoms with Gasteiger partial charge in [0, 0.05) is 13.1 Å². The van der Waals surface area contributed by atoms with Gasteiger partial charge in [0.2, 0.25) is 5.95 Å². The number of hydrogen-bond donors (Lipinski definition) is 1. The van der Waals surface area contributed by atoms with Crippen LogP contribution in [0.5, 0.6) is 0 Å². The Bertz CT molecular complexity index is 1000. The van der Waals surface area contributed by atoms with Crippen molar-refractivity contribution in [3.8, 4) is 0 Å². The van der Waals surface area contributed by atoms with Crippen LogP contribution < -0.4 is 11.0 Å². The fourth-order valence-corrected chi connectivity index (χ4v) is 5.27. The SMILES string of the molecule is CC(C)c1cc(C(C)C)c(S(=O)(=O)n2nc3n(c2=O)CCN3)c(C(C)C)c1. The molecule has 3 rings (SSSR count). The molecule has 0 amide bonds. The normalized spacial score (nSPS) is 14.3. The molecule has 1 aliphatic heterocycles. The highest BCUT2D eigenvalue weighted by atomic mass is 32.2. The Morgan fingerprint density at radius 1 is 1.00 bits per heavy atom. The van der Waals surface area contributed by atoms with Crippen molar-refractivity contribution in [2.24, 2.45) is 0 Å². The Morgan fingerprint density at radius 3 is 2.00 bits per heavy atom. The van der Waals surface area contributed by atoms with E-state index in [0.29, 0.717) is 23.1 Å². The maximum Gasteiger partial charge on any atom is 0.362 e. The Morgan fingerprint density at radius 2 is 1.56 bits per heavy atom. The molecule has 1 aromatic carbocycles. The summed E-state index contributed by atoms with van der Waals surface area (Å²) in [4.78, 5) is 12.9. The van der Waals surface area contributed by atoms with Crippen LogP contribution in [0.2, 0.25) is 0 Å². The van der Waals surface area contributed by atoms with Crippen molar-refractivity contribution in [2.45, 2.75) is 70.7 Å². The van der Waals surface area contributed by atoms with Gasteiger partial charge >= 0.3 is 5.69 Å². The molecule has 0 unspecified atom stereocenters. The van der Waals surface area contributed by atoms with Crippen LogP contribution in [0.4, 0.5) is 5.95 Å². The lowest BCUT2D eigenvalue weighted by atomic mass is 9.89. The molecule has 0 spiro atoms. The molecule has 0 saturated heterocycles. The van der Waals surface area contributed by atoms with E-state index >= 15 is 0 Å². The summed E-state index contributed by atoms with van der Waals surface area (Å²) in [5.41, 5.74) is 1.95. The average Bonchev–Trinajstić information content (AvgIpc) is 3.16. The van der Waals surface area contributed by atoms with Gasteiger partial charge in [0.05, 0.1) is 4.90 Å². The van der Waals surface area contributed by atoms with Crippen LogP contribution in [0.25, 0.3) is 0 Å². The summed E-state index contributed by atoms with van der Waals surface area (Å²) >= 11 is 0. The number of anilines is 1. The minimum atomic E-state index is -4.11. The third-order valence-electron chi connectivity index (χ3n) is 5.02. The number of fused-ring (bicyclic) bond motifs is 1. The van der Waals surface area contributed by atoms with Gasteiger partial charge in [-0.1, -0.05) is 57.8 Å². The number of rotatable bonds is 5. The van der Waals surface area contributed by atoms with Crippen molar-refractivity contribution in [3.63, 3.8) is 0 Å². The first-order valence-electron chi connectivity index (χ1n) is 9.42. The van der Waals surface area contributed by atoms with Crippen molar-refractivity contribution in [1.29, 1.82) is 0 Å². The summed E-state index contributed by atoms with van der Waals surface area (Å²) < 4.78 is 29.1. The molecule has 2 heterocycles. The lowest BCUT2D eigenvalue weighted by Gasteiger charge is -2.22. The molecule has 1 N–H and O–H groups in total. The van der Waals surface area contributed by atoms with Gasteiger partial charge in [0.1, 0.15) is 0 Å². The van der Waals surface area contributed by atoms with Gasteiger partial charge in [-0.3, -0.25) is 4.57 Å². The molecule has 0 aliphatic carbocycles. The summed E-state index contributed by atoms with van der Waals surface area (Å²) in [5, 5.41) is 7.02. The van der Waals surface area contributed by atoms with E-state index in [2.05, 4.69) is 24.3 Å². The van der Waals surface area contributed by atoms with E-state index in [1.165, 1.54) is 4.57 Å². The molecule has 1 aromatic heterocycles. The van der Waals surface area contributed by atoms with Crippen molar-refractivity contribution < 1.29 is 8.42 Å². The largest absolute Gasteiger partial charge is 0.362 e. The predicted octanol–water partition coefficient (Wildman–Crippen LogP) is 3.08. The minimum absolute atomic E-state index is 0.00531. The van der Waals surface area contributed by atoms with Crippen LogP contribution >= 0.6 is 0 Å².